The molecule has 2 atom stereocenters. The predicted octanol–water partition coefficient (Wildman–Crippen LogP) is 3.60. The number of nitrogens with one attached hydrogen (secondary N) is 1. The Morgan fingerprint density at radius 1 is 1.42 bits per heavy atom. The Morgan fingerprint density at radius 2 is 2.21 bits per heavy atom. The van der Waals surface area contributed by atoms with Crippen LogP contribution in [0.15, 0.2) is 33.3 Å². The molecule has 0 radical (unpaired) electrons. The molecule has 1 aromatic carbocycles. The summed E-state index contributed by atoms with van der Waals surface area (Å²) in [5.41, 5.74) is 0.955. The van der Waals surface area contributed by atoms with Gasteiger partial charge in [0, 0.05) is 16.1 Å². The van der Waals surface area contributed by atoms with Crippen LogP contribution in [0.1, 0.15) is 32.1 Å². The van der Waals surface area contributed by atoms with Gasteiger partial charge >= 0.3 is 0 Å². The van der Waals surface area contributed by atoms with Crippen molar-refractivity contribution < 1.29 is 4.52 Å². The Morgan fingerprint density at radius 3 is 2.84 bits per heavy atom. The average Bonchev–Trinajstić information content (AvgIpc) is 2.89. The van der Waals surface area contributed by atoms with Crippen molar-refractivity contribution in [3.05, 3.63) is 34.6 Å². The highest BCUT2D eigenvalue weighted by atomic mass is 79.9. The van der Waals surface area contributed by atoms with Crippen molar-refractivity contribution in [2.24, 2.45) is 0 Å². The van der Waals surface area contributed by atoms with Crippen LogP contribution in [-0.2, 0) is 0 Å². The Balaban J connectivity index is 2.28. The number of hydrogen-bond donors (Lipinski definition) is 1. The van der Waals surface area contributed by atoms with Crippen LogP contribution >= 0.6 is 15.9 Å². The van der Waals surface area contributed by atoms with E-state index in [1.807, 2.05) is 31.3 Å². The summed E-state index contributed by atoms with van der Waals surface area (Å²) in [6.07, 6.45) is 0.960. The van der Waals surface area contributed by atoms with Gasteiger partial charge in [-0.05, 0) is 32.5 Å². The summed E-state index contributed by atoms with van der Waals surface area (Å²) in [6.45, 7) is 4.25. The van der Waals surface area contributed by atoms with Crippen molar-refractivity contribution in [2.45, 2.75) is 32.2 Å². The minimum Gasteiger partial charge on any atom is -0.339 e. The van der Waals surface area contributed by atoms with Crippen LogP contribution in [0.3, 0.4) is 0 Å². The quantitative estimate of drug-likeness (QED) is 0.913. The molecule has 0 aliphatic carbocycles. The summed E-state index contributed by atoms with van der Waals surface area (Å²) in [5, 5.41) is 7.32. The van der Waals surface area contributed by atoms with Gasteiger partial charge in [-0.25, -0.2) is 0 Å². The van der Waals surface area contributed by atoms with Gasteiger partial charge in [-0.15, -0.1) is 0 Å². The maximum atomic E-state index is 5.42. The number of nitrogens with zero attached hydrogens (tertiary/aromatic N) is 2. The molecule has 0 saturated heterocycles. The SMILES string of the molecule is CCC(c1nc(-c2cccc(Br)c2)no1)C(C)NC. The van der Waals surface area contributed by atoms with Gasteiger partial charge in [-0.1, -0.05) is 40.1 Å². The second kappa shape index (κ2) is 6.30. The maximum Gasteiger partial charge on any atom is 0.231 e. The molecule has 2 rings (SSSR count). The molecule has 4 nitrogen and oxygen atoms in total. The number of benzene rings is 1. The molecule has 1 aromatic heterocycles. The Hall–Kier alpha value is -1.20. The number of aromatic nitrogens is 2. The van der Waals surface area contributed by atoms with Gasteiger partial charge in [-0.3, -0.25) is 0 Å². The molecule has 1 N–H and O–H groups in total. The van der Waals surface area contributed by atoms with Crippen LogP contribution in [0.5, 0.6) is 0 Å². The molecule has 0 bridgehead atoms. The molecular weight excluding hydrogens is 306 g/mol. The van der Waals surface area contributed by atoms with Crippen molar-refractivity contribution >= 4 is 15.9 Å². The first-order valence-corrected chi connectivity index (χ1v) is 7.21. The van der Waals surface area contributed by atoms with Crippen molar-refractivity contribution in [3.8, 4) is 11.4 Å². The summed E-state index contributed by atoms with van der Waals surface area (Å²) in [7, 11) is 1.94. The fraction of sp³-hybridized carbons (Fsp3) is 0.429. The van der Waals surface area contributed by atoms with E-state index >= 15 is 0 Å². The summed E-state index contributed by atoms with van der Waals surface area (Å²) in [4.78, 5) is 4.52. The first-order valence-electron chi connectivity index (χ1n) is 6.42. The highest BCUT2D eigenvalue weighted by Crippen LogP contribution is 2.25. The van der Waals surface area contributed by atoms with E-state index in [0.29, 0.717) is 17.8 Å². The van der Waals surface area contributed by atoms with Crippen molar-refractivity contribution in [2.75, 3.05) is 7.05 Å². The molecule has 0 saturated carbocycles. The second-order valence-electron chi connectivity index (χ2n) is 4.56. The Kier molecular flexibility index (Phi) is 4.71. The molecule has 0 amide bonds. The van der Waals surface area contributed by atoms with E-state index in [2.05, 4.69) is 45.2 Å². The third-order valence-corrected chi connectivity index (χ3v) is 3.83. The number of likely N-dealkylation sites (N-methyl/N-ethyl adjacent to an activating group) is 1. The molecule has 0 aliphatic heterocycles. The summed E-state index contributed by atoms with van der Waals surface area (Å²) in [6, 6.07) is 8.20. The second-order valence-corrected chi connectivity index (χ2v) is 5.47. The normalized spacial score (nSPS) is 14.3. The van der Waals surface area contributed by atoms with Gasteiger partial charge in [0.15, 0.2) is 0 Å². The van der Waals surface area contributed by atoms with Gasteiger partial charge in [-0.2, -0.15) is 4.98 Å². The third-order valence-electron chi connectivity index (χ3n) is 3.34. The number of halogens is 1. The smallest absolute Gasteiger partial charge is 0.231 e. The van der Waals surface area contributed by atoms with E-state index in [1.54, 1.807) is 0 Å². The van der Waals surface area contributed by atoms with Crippen LogP contribution in [0, 0.1) is 0 Å². The largest absolute Gasteiger partial charge is 0.339 e. The molecule has 102 valence electrons. The van der Waals surface area contributed by atoms with Crippen LogP contribution in [-0.4, -0.2) is 23.2 Å². The molecule has 0 aliphatic rings. The zero-order valence-electron chi connectivity index (χ0n) is 11.4. The zero-order valence-corrected chi connectivity index (χ0v) is 12.9. The highest BCUT2D eigenvalue weighted by molar-refractivity contribution is 9.10. The lowest BCUT2D eigenvalue weighted by Gasteiger charge is -2.17. The van der Waals surface area contributed by atoms with Crippen LogP contribution in [0.4, 0.5) is 0 Å². The van der Waals surface area contributed by atoms with Crippen LogP contribution in [0.2, 0.25) is 0 Å². The first-order chi connectivity index (χ1) is 9.15. The molecule has 1 heterocycles. The lowest BCUT2D eigenvalue weighted by atomic mass is 9.98. The molecule has 5 heteroatoms. The van der Waals surface area contributed by atoms with Gasteiger partial charge in [0.05, 0.1) is 5.92 Å². The fourth-order valence-electron chi connectivity index (χ4n) is 2.07. The Bertz CT molecular complexity index is 541. The number of rotatable bonds is 5. The van der Waals surface area contributed by atoms with E-state index in [-0.39, 0.29) is 5.92 Å². The minimum atomic E-state index is 0.235. The summed E-state index contributed by atoms with van der Waals surface area (Å²) in [5.74, 6) is 1.57. The molecule has 0 fully saturated rings. The van der Waals surface area contributed by atoms with Crippen molar-refractivity contribution in [3.63, 3.8) is 0 Å². The van der Waals surface area contributed by atoms with E-state index in [0.717, 1.165) is 16.5 Å². The van der Waals surface area contributed by atoms with Crippen LogP contribution < -0.4 is 5.32 Å². The van der Waals surface area contributed by atoms with Crippen molar-refractivity contribution in [1.82, 2.24) is 15.5 Å². The standard InChI is InChI=1S/C14H18BrN3O/c1-4-12(9(2)16-3)14-17-13(18-19-14)10-6-5-7-11(15)8-10/h5-9,12,16H,4H2,1-3H3. The molecule has 2 unspecified atom stereocenters. The van der Waals surface area contributed by atoms with Gasteiger partial charge in [0.1, 0.15) is 0 Å². The third kappa shape index (κ3) is 3.22. The molecular formula is C14H18BrN3O. The molecule has 0 spiro atoms. The fourth-order valence-corrected chi connectivity index (χ4v) is 2.47. The van der Waals surface area contributed by atoms with E-state index < -0.39 is 0 Å². The lowest BCUT2D eigenvalue weighted by Crippen LogP contribution is -2.28. The number of hydrogen-bond acceptors (Lipinski definition) is 4. The van der Waals surface area contributed by atoms with E-state index in [4.69, 9.17) is 4.52 Å². The average molecular weight is 324 g/mol. The van der Waals surface area contributed by atoms with Crippen LogP contribution in [0.25, 0.3) is 11.4 Å². The minimum absolute atomic E-state index is 0.235. The van der Waals surface area contributed by atoms with Gasteiger partial charge in [0.25, 0.3) is 0 Å². The Labute approximate surface area is 121 Å². The topological polar surface area (TPSA) is 51.0 Å². The van der Waals surface area contributed by atoms with E-state index in [1.165, 1.54) is 0 Å². The summed E-state index contributed by atoms with van der Waals surface area (Å²) < 4.78 is 6.42. The van der Waals surface area contributed by atoms with Gasteiger partial charge < -0.3 is 9.84 Å². The predicted molar refractivity (Wildman–Crippen MR) is 79.0 cm³/mol. The summed E-state index contributed by atoms with van der Waals surface area (Å²) >= 11 is 3.45. The van der Waals surface area contributed by atoms with E-state index in [9.17, 15) is 0 Å². The molecule has 2 aromatic rings. The highest BCUT2D eigenvalue weighted by Gasteiger charge is 2.22. The molecule has 19 heavy (non-hydrogen) atoms. The maximum absolute atomic E-state index is 5.42. The first kappa shape index (κ1) is 14.2. The lowest BCUT2D eigenvalue weighted by molar-refractivity contribution is 0.322. The monoisotopic (exact) mass is 323 g/mol. The van der Waals surface area contributed by atoms with Crippen molar-refractivity contribution in [1.29, 1.82) is 0 Å². The van der Waals surface area contributed by atoms with Gasteiger partial charge in [0.2, 0.25) is 11.7 Å². The zero-order chi connectivity index (χ0) is 13.8.